The Labute approximate surface area is 178 Å². The normalized spacial score (nSPS) is 12.7. The van der Waals surface area contributed by atoms with Crippen molar-refractivity contribution < 1.29 is 27.8 Å². The van der Waals surface area contributed by atoms with Crippen LogP contribution < -0.4 is 14.3 Å². The van der Waals surface area contributed by atoms with E-state index in [4.69, 9.17) is 9.47 Å². The maximum Gasteiger partial charge on any atom is 0.337 e. The molecule has 162 valence electrons. The first kappa shape index (κ1) is 23.4. The van der Waals surface area contributed by atoms with E-state index in [-0.39, 0.29) is 21.6 Å². The fraction of sp³-hybridized carbons (Fsp3) is 0.333. The summed E-state index contributed by atoms with van der Waals surface area (Å²) in [4.78, 5) is 21.5. The Bertz CT molecular complexity index is 1000. The molecule has 12 heteroatoms. The standard InChI is InChI=1S/C18H22N4O6S2/c1-11(2)13(29-18-20-15(27-3)9-16(21-18)28-4)10-19-22-30(25,26)14-8-6-5-7-12(14)17(23)24/h5-11,13,22H,1-4H3,(H,23,24). The van der Waals surface area contributed by atoms with Gasteiger partial charge in [-0.3, -0.25) is 0 Å². The Morgan fingerprint density at radius 1 is 1.20 bits per heavy atom. The second kappa shape index (κ2) is 10.3. The van der Waals surface area contributed by atoms with Crippen LogP contribution in [-0.2, 0) is 10.0 Å². The van der Waals surface area contributed by atoms with E-state index >= 15 is 0 Å². The zero-order valence-electron chi connectivity index (χ0n) is 16.8. The summed E-state index contributed by atoms with van der Waals surface area (Å²) in [6.07, 6.45) is 1.41. The molecule has 2 rings (SSSR count). The Kier molecular flexibility index (Phi) is 8.00. The Hall–Kier alpha value is -2.86. The molecule has 0 bridgehead atoms. The van der Waals surface area contributed by atoms with E-state index in [9.17, 15) is 18.3 Å². The summed E-state index contributed by atoms with van der Waals surface area (Å²) < 4.78 is 35.2. The quantitative estimate of drug-likeness (QED) is 0.239. The van der Waals surface area contributed by atoms with Gasteiger partial charge in [-0.25, -0.2) is 9.63 Å². The largest absolute Gasteiger partial charge is 0.481 e. The highest BCUT2D eigenvalue weighted by molar-refractivity contribution is 8.00. The number of carbonyl (C=O) groups is 1. The number of carboxylic acids is 1. The van der Waals surface area contributed by atoms with Gasteiger partial charge >= 0.3 is 5.97 Å². The van der Waals surface area contributed by atoms with E-state index in [1.54, 1.807) is 0 Å². The molecule has 0 saturated carbocycles. The van der Waals surface area contributed by atoms with Crippen LogP contribution in [0.25, 0.3) is 0 Å². The van der Waals surface area contributed by atoms with Gasteiger partial charge in [0.1, 0.15) is 4.90 Å². The molecule has 1 aromatic carbocycles. The van der Waals surface area contributed by atoms with Crippen molar-refractivity contribution in [3.63, 3.8) is 0 Å². The van der Waals surface area contributed by atoms with Crippen molar-refractivity contribution in [3.05, 3.63) is 35.9 Å². The number of hydrogen-bond acceptors (Lipinski definition) is 9. The number of hydrogen-bond donors (Lipinski definition) is 2. The van der Waals surface area contributed by atoms with Gasteiger partial charge in [0, 0.05) is 6.21 Å². The molecule has 0 aliphatic carbocycles. The monoisotopic (exact) mass is 454 g/mol. The number of aromatic nitrogens is 2. The van der Waals surface area contributed by atoms with Gasteiger partial charge < -0.3 is 14.6 Å². The molecule has 2 aromatic rings. The maximum atomic E-state index is 12.5. The van der Waals surface area contributed by atoms with Crippen LogP contribution in [0.1, 0.15) is 24.2 Å². The molecular formula is C18H22N4O6S2. The Morgan fingerprint density at radius 3 is 2.33 bits per heavy atom. The number of methoxy groups -OCH3 is 2. The van der Waals surface area contributed by atoms with Gasteiger partial charge in [0.15, 0.2) is 5.16 Å². The van der Waals surface area contributed by atoms with Crippen molar-refractivity contribution in [3.8, 4) is 11.8 Å². The molecule has 30 heavy (non-hydrogen) atoms. The Balaban J connectivity index is 2.21. The molecule has 2 N–H and O–H groups in total. The van der Waals surface area contributed by atoms with Gasteiger partial charge in [-0.2, -0.15) is 23.5 Å². The molecule has 1 unspecified atom stereocenters. The number of sulfonamides is 1. The minimum absolute atomic E-state index is 0.0513. The zero-order chi connectivity index (χ0) is 22.3. The average Bonchev–Trinajstić information content (AvgIpc) is 2.72. The SMILES string of the molecule is COc1cc(OC)nc(SC(C=NNS(=O)(=O)c2ccccc2C(=O)O)C(C)C)n1. The lowest BCUT2D eigenvalue weighted by Crippen LogP contribution is -2.23. The van der Waals surface area contributed by atoms with Crippen molar-refractivity contribution in [2.75, 3.05) is 14.2 Å². The van der Waals surface area contributed by atoms with Crippen LogP contribution in [0, 0.1) is 5.92 Å². The smallest absolute Gasteiger partial charge is 0.337 e. The number of nitrogens with one attached hydrogen (secondary N) is 1. The molecule has 0 aliphatic rings. The maximum absolute atomic E-state index is 12.5. The number of ether oxygens (including phenoxy) is 2. The summed E-state index contributed by atoms with van der Waals surface area (Å²) in [5, 5.41) is 13.1. The minimum Gasteiger partial charge on any atom is -0.481 e. The number of benzene rings is 1. The van der Waals surface area contributed by atoms with Crippen molar-refractivity contribution in [1.82, 2.24) is 14.8 Å². The lowest BCUT2D eigenvalue weighted by atomic mass is 10.1. The number of aromatic carboxylic acids is 1. The van der Waals surface area contributed by atoms with Gasteiger partial charge in [0.05, 0.1) is 31.1 Å². The first-order valence-corrected chi connectivity index (χ1v) is 11.0. The molecule has 0 saturated heterocycles. The number of rotatable bonds is 10. The van der Waals surface area contributed by atoms with Crippen LogP contribution in [0.2, 0.25) is 0 Å². The van der Waals surface area contributed by atoms with Gasteiger partial charge in [0.25, 0.3) is 10.0 Å². The third-order valence-corrected chi connectivity index (χ3v) is 6.39. The summed E-state index contributed by atoms with van der Waals surface area (Å²) in [5.41, 5.74) is -0.341. The minimum atomic E-state index is -4.16. The third kappa shape index (κ3) is 6.07. The molecular weight excluding hydrogens is 432 g/mol. The van der Waals surface area contributed by atoms with Gasteiger partial charge in [0.2, 0.25) is 11.8 Å². The lowest BCUT2D eigenvalue weighted by molar-refractivity contribution is 0.0692. The van der Waals surface area contributed by atoms with E-state index < -0.39 is 16.0 Å². The first-order valence-electron chi connectivity index (χ1n) is 8.69. The number of carboxylic acid groups (broad SMARTS) is 1. The van der Waals surface area contributed by atoms with Crippen molar-refractivity contribution in [1.29, 1.82) is 0 Å². The molecule has 1 heterocycles. The average molecular weight is 455 g/mol. The van der Waals surface area contributed by atoms with Crippen LogP contribution in [0.4, 0.5) is 0 Å². The molecule has 0 radical (unpaired) electrons. The van der Waals surface area contributed by atoms with Gasteiger partial charge in [-0.15, -0.1) is 0 Å². The highest BCUT2D eigenvalue weighted by Crippen LogP contribution is 2.28. The zero-order valence-corrected chi connectivity index (χ0v) is 18.4. The van der Waals surface area contributed by atoms with Crippen molar-refractivity contribution >= 4 is 34.0 Å². The highest BCUT2D eigenvalue weighted by atomic mass is 32.2. The van der Waals surface area contributed by atoms with E-state index in [0.29, 0.717) is 16.9 Å². The second-order valence-corrected chi connectivity index (χ2v) is 9.01. The first-order chi connectivity index (χ1) is 14.2. The molecule has 10 nitrogen and oxygen atoms in total. The van der Waals surface area contributed by atoms with Crippen LogP contribution in [0.3, 0.4) is 0 Å². The fourth-order valence-corrected chi connectivity index (χ4v) is 4.13. The van der Waals surface area contributed by atoms with E-state index in [2.05, 4.69) is 19.9 Å². The summed E-state index contributed by atoms with van der Waals surface area (Å²) in [5.74, 6) is -0.639. The Morgan fingerprint density at radius 2 is 1.80 bits per heavy atom. The van der Waals surface area contributed by atoms with Crippen molar-refractivity contribution in [2.24, 2.45) is 11.0 Å². The summed E-state index contributed by atoms with van der Waals surface area (Å²) >= 11 is 1.25. The van der Waals surface area contributed by atoms with Crippen LogP contribution in [0.5, 0.6) is 11.8 Å². The predicted octanol–water partition coefficient (Wildman–Crippen LogP) is 2.27. The summed E-state index contributed by atoms with van der Waals surface area (Å²) in [6.45, 7) is 3.85. The molecule has 0 amide bonds. The van der Waals surface area contributed by atoms with Crippen molar-refractivity contribution in [2.45, 2.75) is 29.1 Å². The third-order valence-electron chi connectivity index (χ3n) is 3.78. The van der Waals surface area contributed by atoms with E-state index in [0.717, 1.165) is 0 Å². The predicted molar refractivity (Wildman–Crippen MR) is 112 cm³/mol. The number of nitrogens with zero attached hydrogens (tertiary/aromatic N) is 3. The van der Waals surface area contributed by atoms with Gasteiger partial charge in [-0.05, 0) is 18.1 Å². The second-order valence-electron chi connectivity index (χ2n) is 6.24. The van der Waals surface area contributed by atoms with Gasteiger partial charge in [-0.1, -0.05) is 37.7 Å². The highest BCUT2D eigenvalue weighted by Gasteiger charge is 2.22. The van der Waals surface area contributed by atoms with E-state index in [1.807, 2.05) is 13.8 Å². The van der Waals surface area contributed by atoms with Crippen LogP contribution >= 0.6 is 11.8 Å². The lowest BCUT2D eigenvalue weighted by Gasteiger charge is -2.15. The van der Waals surface area contributed by atoms with E-state index in [1.165, 1.54) is 62.5 Å². The number of thioether (sulfide) groups is 1. The fourth-order valence-electron chi connectivity index (χ4n) is 2.21. The molecule has 0 aliphatic heterocycles. The number of hydrazone groups is 1. The topological polar surface area (TPSA) is 140 Å². The summed E-state index contributed by atoms with van der Waals surface area (Å²) in [7, 11) is -1.21. The molecule has 1 atom stereocenters. The molecule has 0 fully saturated rings. The molecule has 1 aromatic heterocycles. The van der Waals surface area contributed by atoms with Crippen LogP contribution in [0.15, 0.2) is 45.5 Å². The van der Waals surface area contributed by atoms with Crippen LogP contribution in [-0.4, -0.2) is 55.1 Å². The summed E-state index contributed by atoms with van der Waals surface area (Å²) in [6, 6.07) is 6.83. The molecule has 0 spiro atoms.